The van der Waals surface area contributed by atoms with E-state index < -0.39 is 5.63 Å². The van der Waals surface area contributed by atoms with Crippen molar-refractivity contribution in [2.75, 3.05) is 0 Å². The van der Waals surface area contributed by atoms with E-state index in [1.165, 1.54) is 12.1 Å². The largest absolute Gasteiger partial charge is 0.430 e. The third kappa shape index (κ3) is 2.35. The summed E-state index contributed by atoms with van der Waals surface area (Å²) in [5.41, 5.74) is 0.620. The van der Waals surface area contributed by atoms with Crippen LogP contribution in [0, 0.1) is 0 Å². The summed E-state index contributed by atoms with van der Waals surface area (Å²) in [5.74, 6) is -0.307. The van der Waals surface area contributed by atoms with Crippen molar-refractivity contribution in [1.82, 2.24) is 15.5 Å². The lowest BCUT2D eigenvalue weighted by molar-refractivity contribution is 0.0948. The summed E-state index contributed by atoms with van der Waals surface area (Å²) in [6, 6.07) is 4.37. The van der Waals surface area contributed by atoms with Crippen LogP contribution in [0.15, 0.2) is 39.9 Å². The van der Waals surface area contributed by atoms with Crippen molar-refractivity contribution >= 4 is 5.91 Å². The van der Waals surface area contributed by atoms with Gasteiger partial charge < -0.3 is 9.73 Å². The van der Waals surface area contributed by atoms with E-state index >= 15 is 0 Å². The molecule has 0 spiro atoms. The quantitative estimate of drug-likeness (QED) is 0.776. The summed E-state index contributed by atoms with van der Waals surface area (Å²) in [6.07, 6.45) is 2.73. The minimum absolute atomic E-state index is 0.305. The van der Waals surface area contributed by atoms with Crippen LogP contribution in [0.5, 0.6) is 0 Å². The fourth-order valence-electron chi connectivity index (χ4n) is 1.15. The number of amides is 1. The van der Waals surface area contributed by atoms with Gasteiger partial charge in [0, 0.05) is 12.3 Å². The Labute approximate surface area is 90.3 Å². The first-order valence-electron chi connectivity index (χ1n) is 4.61. The third-order valence-electron chi connectivity index (χ3n) is 1.96. The summed E-state index contributed by atoms with van der Waals surface area (Å²) in [5, 5.41) is 9.11. The van der Waals surface area contributed by atoms with Gasteiger partial charge in [-0.25, -0.2) is 4.79 Å². The van der Waals surface area contributed by atoms with Crippen molar-refractivity contribution < 1.29 is 9.21 Å². The molecule has 0 aliphatic carbocycles. The number of aromatic nitrogens is 2. The SMILES string of the molecule is O=C(NCc1ccn[nH]1)c1ccc(=O)oc1. The number of nitrogens with zero attached hydrogens (tertiary/aromatic N) is 1. The fraction of sp³-hybridized carbons (Fsp3) is 0.100. The van der Waals surface area contributed by atoms with Gasteiger partial charge in [0.05, 0.1) is 17.8 Å². The highest BCUT2D eigenvalue weighted by atomic mass is 16.4. The van der Waals surface area contributed by atoms with E-state index in [4.69, 9.17) is 0 Å². The summed E-state index contributed by atoms with van der Waals surface area (Å²) < 4.78 is 4.58. The number of nitrogens with one attached hydrogen (secondary N) is 2. The van der Waals surface area contributed by atoms with E-state index in [1.807, 2.05) is 0 Å². The molecule has 0 aliphatic rings. The second-order valence-corrected chi connectivity index (χ2v) is 3.11. The molecule has 6 nitrogen and oxygen atoms in total. The molecule has 0 bridgehead atoms. The Kier molecular flexibility index (Phi) is 2.81. The first kappa shape index (κ1) is 10.2. The van der Waals surface area contributed by atoms with Crippen LogP contribution < -0.4 is 10.9 Å². The Morgan fingerprint density at radius 1 is 1.44 bits per heavy atom. The molecule has 0 atom stereocenters. The minimum Gasteiger partial charge on any atom is -0.430 e. The van der Waals surface area contributed by atoms with Gasteiger partial charge in [-0.15, -0.1) is 0 Å². The molecule has 16 heavy (non-hydrogen) atoms. The van der Waals surface area contributed by atoms with Gasteiger partial charge in [-0.05, 0) is 12.1 Å². The van der Waals surface area contributed by atoms with Gasteiger partial charge >= 0.3 is 5.63 Å². The van der Waals surface area contributed by atoms with Crippen LogP contribution in [-0.4, -0.2) is 16.1 Å². The van der Waals surface area contributed by atoms with E-state index in [0.717, 1.165) is 12.0 Å². The third-order valence-corrected chi connectivity index (χ3v) is 1.96. The average Bonchev–Trinajstić information content (AvgIpc) is 2.80. The van der Waals surface area contributed by atoms with Crippen molar-refractivity contribution in [2.45, 2.75) is 6.54 Å². The fourth-order valence-corrected chi connectivity index (χ4v) is 1.15. The van der Waals surface area contributed by atoms with Crippen LogP contribution >= 0.6 is 0 Å². The molecule has 0 unspecified atom stereocenters. The molecule has 0 aliphatic heterocycles. The topological polar surface area (TPSA) is 88.0 Å². The number of hydrogen-bond acceptors (Lipinski definition) is 4. The molecule has 2 aromatic heterocycles. The molecule has 82 valence electrons. The number of H-pyrrole nitrogens is 1. The van der Waals surface area contributed by atoms with Gasteiger partial charge in [-0.2, -0.15) is 5.10 Å². The summed E-state index contributed by atoms with van der Waals surface area (Å²) in [7, 11) is 0. The molecule has 2 N–H and O–H groups in total. The van der Waals surface area contributed by atoms with Crippen LogP contribution in [0.25, 0.3) is 0 Å². The van der Waals surface area contributed by atoms with Gasteiger partial charge in [0.1, 0.15) is 6.26 Å². The highest BCUT2D eigenvalue weighted by molar-refractivity contribution is 5.93. The minimum atomic E-state index is -0.481. The van der Waals surface area contributed by atoms with Crippen LogP contribution in [0.4, 0.5) is 0 Å². The monoisotopic (exact) mass is 219 g/mol. The molecule has 2 heterocycles. The Bertz CT molecular complexity index is 510. The molecule has 0 aromatic carbocycles. The maximum Gasteiger partial charge on any atom is 0.335 e. The standard InChI is InChI=1S/C10H9N3O3/c14-9-2-1-7(6-16-9)10(15)11-5-8-3-4-12-13-8/h1-4,6H,5H2,(H,11,15)(H,12,13). The number of carbonyl (C=O) groups excluding carboxylic acids is 1. The predicted octanol–water partition coefficient (Wildman–Crippen LogP) is 0.293. The number of rotatable bonds is 3. The Hall–Kier alpha value is -2.37. The van der Waals surface area contributed by atoms with Gasteiger partial charge in [0.2, 0.25) is 0 Å². The molecule has 1 amide bonds. The van der Waals surface area contributed by atoms with E-state index in [2.05, 4.69) is 19.9 Å². The van der Waals surface area contributed by atoms with E-state index in [9.17, 15) is 9.59 Å². The molecule has 2 aromatic rings. The van der Waals surface area contributed by atoms with E-state index in [0.29, 0.717) is 12.1 Å². The first-order valence-corrected chi connectivity index (χ1v) is 4.61. The predicted molar refractivity (Wildman–Crippen MR) is 54.7 cm³/mol. The molecule has 0 fully saturated rings. The number of hydrogen-bond donors (Lipinski definition) is 2. The molecular formula is C10H9N3O3. The zero-order valence-corrected chi connectivity index (χ0v) is 8.27. The molecule has 0 radical (unpaired) electrons. The lowest BCUT2D eigenvalue weighted by atomic mass is 10.3. The summed E-state index contributed by atoms with van der Waals surface area (Å²) in [4.78, 5) is 22.2. The first-order chi connectivity index (χ1) is 7.75. The number of carbonyl (C=O) groups is 1. The van der Waals surface area contributed by atoms with Crippen LogP contribution in [0.3, 0.4) is 0 Å². The molecule has 0 saturated carbocycles. The van der Waals surface area contributed by atoms with Crippen molar-refractivity contribution in [3.8, 4) is 0 Å². The van der Waals surface area contributed by atoms with Gasteiger partial charge in [-0.3, -0.25) is 9.89 Å². The second kappa shape index (κ2) is 4.43. The molecule has 6 heteroatoms. The van der Waals surface area contributed by atoms with Gasteiger partial charge in [0.15, 0.2) is 0 Å². The van der Waals surface area contributed by atoms with Crippen molar-refractivity contribution in [2.24, 2.45) is 0 Å². The van der Waals surface area contributed by atoms with Gasteiger partial charge in [-0.1, -0.05) is 0 Å². The highest BCUT2D eigenvalue weighted by Gasteiger charge is 2.05. The van der Waals surface area contributed by atoms with Gasteiger partial charge in [0.25, 0.3) is 5.91 Å². The van der Waals surface area contributed by atoms with Crippen molar-refractivity contribution in [3.63, 3.8) is 0 Å². The summed E-state index contributed by atoms with van der Waals surface area (Å²) >= 11 is 0. The lowest BCUT2D eigenvalue weighted by Gasteiger charge is -2.01. The number of aromatic amines is 1. The van der Waals surface area contributed by atoms with Crippen molar-refractivity contribution in [3.05, 3.63) is 52.3 Å². The maximum absolute atomic E-state index is 11.5. The van der Waals surface area contributed by atoms with Crippen LogP contribution in [0.2, 0.25) is 0 Å². The average molecular weight is 219 g/mol. The zero-order valence-electron chi connectivity index (χ0n) is 8.27. The Balaban J connectivity index is 1.98. The highest BCUT2D eigenvalue weighted by Crippen LogP contribution is 1.96. The normalized spacial score (nSPS) is 10.0. The molecule has 2 rings (SSSR count). The van der Waals surface area contributed by atoms with E-state index in [-0.39, 0.29) is 5.91 Å². The zero-order chi connectivity index (χ0) is 11.4. The maximum atomic E-state index is 11.5. The van der Waals surface area contributed by atoms with E-state index in [1.54, 1.807) is 12.3 Å². The van der Waals surface area contributed by atoms with Crippen LogP contribution in [0.1, 0.15) is 16.1 Å². The van der Waals surface area contributed by atoms with Crippen LogP contribution in [-0.2, 0) is 6.54 Å². The molecular weight excluding hydrogens is 210 g/mol. The molecule has 0 saturated heterocycles. The lowest BCUT2D eigenvalue weighted by Crippen LogP contribution is -2.23. The smallest absolute Gasteiger partial charge is 0.335 e. The Morgan fingerprint density at radius 2 is 2.31 bits per heavy atom. The second-order valence-electron chi connectivity index (χ2n) is 3.11. The van der Waals surface area contributed by atoms with Crippen molar-refractivity contribution in [1.29, 1.82) is 0 Å². The Morgan fingerprint density at radius 3 is 2.94 bits per heavy atom. The summed E-state index contributed by atoms with van der Waals surface area (Å²) in [6.45, 7) is 0.345.